The maximum atomic E-state index is 12.9. The molecule has 166 valence electrons. The highest BCUT2D eigenvalue weighted by atomic mass is 16.5. The third kappa shape index (κ3) is 4.12. The molecule has 3 heterocycles. The van der Waals surface area contributed by atoms with Gasteiger partial charge in [-0.3, -0.25) is 14.6 Å². The van der Waals surface area contributed by atoms with Crippen LogP contribution in [0, 0.1) is 0 Å². The summed E-state index contributed by atoms with van der Waals surface area (Å²) in [6.45, 7) is 5.04. The lowest BCUT2D eigenvalue weighted by Crippen LogP contribution is -2.49. The number of rotatable bonds is 6. The van der Waals surface area contributed by atoms with E-state index in [1.54, 1.807) is 4.90 Å². The molecule has 1 saturated heterocycles. The third-order valence-electron chi connectivity index (χ3n) is 6.66. The predicted molar refractivity (Wildman–Crippen MR) is 120 cm³/mol. The maximum Gasteiger partial charge on any atom is 0.255 e. The lowest BCUT2D eigenvalue weighted by molar-refractivity contribution is -0.126. The van der Waals surface area contributed by atoms with E-state index in [1.807, 2.05) is 42.7 Å². The summed E-state index contributed by atoms with van der Waals surface area (Å²) in [6.07, 6.45) is 8.22. The van der Waals surface area contributed by atoms with Crippen molar-refractivity contribution in [3.63, 3.8) is 0 Å². The molecule has 2 amide bonds. The van der Waals surface area contributed by atoms with Gasteiger partial charge in [0.05, 0.1) is 0 Å². The van der Waals surface area contributed by atoms with Gasteiger partial charge in [-0.2, -0.15) is 0 Å². The summed E-state index contributed by atoms with van der Waals surface area (Å²) in [5.74, 6) is 0.549. The van der Waals surface area contributed by atoms with Gasteiger partial charge in [-0.25, -0.2) is 0 Å². The first-order chi connectivity index (χ1) is 15.6. The highest BCUT2D eigenvalue weighted by molar-refractivity contribution is 6.01. The summed E-state index contributed by atoms with van der Waals surface area (Å²) in [5.41, 5.74) is 3.50. The molecule has 0 radical (unpaired) electrons. The normalized spacial score (nSPS) is 25.1. The zero-order chi connectivity index (χ0) is 22.1. The van der Waals surface area contributed by atoms with Crippen molar-refractivity contribution in [2.45, 2.75) is 63.4 Å². The van der Waals surface area contributed by atoms with E-state index in [0.717, 1.165) is 42.8 Å². The minimum Gasteiger partial charge on any atom is -0.489 e. The van der Waals surface area contributed by atoms with E-state index in [0.29, 0.717) is 24.9 Å². The fourth-order valence-corrected chi connectivity index (χ4v) is 4.93. The average molecular weight is 433 g/mol. The molecule has 32 heavy (non-hydrogen) atoms. The number of fused-ring (bicyclic) bond motifs is 1. The Morgan fingerprint density at radius 3 is 2.81 bits per heavy atom. The van der Waals surface area contributed by atoms with Gasteiger partial charge in [0.25, 0.3) is 5.91 Å². The molecular formula is C25H28N4O3. The van der Waals surface area contributed by atoms with Crippen molar-refractivity contribution in [1.82, 2.24) is 20.5 Å². The predicted octanol–water partition coefficient (Wildman–Crippen LogP) is 2.92. The maximum absolute atomic E-state index is 12.9. The van der Waals surface area contributed by atoms with Crippen LogP contribution >= 0.6 is 0 Å². The van der Waals surface area contributed by atoms with Crippen LogP contribution in [0.4, 0.5) is 0 Å². The molecule has 1 saturated carbocycles. The quantitative estimate of drug-likeness (QED) is 0.733. The highest BCUT2D eigenvalue weighted by Crippen LogP contribution is 2.32. The summed E-state index contributed by atoms with van der Waals surface area (Å²) in [7, 11) is 0. The molecule has 1 aliphatic carbocycles. The number of nitrogens with one attached hydrogen (secondary N) is 2. The molecule has 2 fully saturated rings. The monoisotopic (exact) mass is 432 g/mol. The first-order valence-electron chi connectivity index (χ1n) is 11.3. The summed E-state index contributed by atoms with van der Waals surface area (Å²) in [6, 6.07) is 9.55. The Kier molecular flexibility index (Phi) is 5.66. The van der Waals surface area contributed by atoms with Crippen LogP contribution in [0.2, 0.25) is 0 Å². The van der Waals surface area contributed by atoms with Crippen molar-refractivity contribution in [1.29, 1.82) is 0 Å². The van der Waals surface area contributed by atoms with Crippen molar-refractivity contribution in [2.75, 3.05) is 0 Å². The Morgan fingerprint density at radius 1 is 1.16 bits per heavy atom. The number of pyridine rings is 1. The number of nitrogens with zero attached hydrogens (tertiary/aromatic N) is 2. The van der Waals surface area contributed by atoms with E-state index in [4.69, 9.17) is 4.74 Å². The topological polar surface area (TPSA) is 83.6 Å². The molecule has 1 aromatic heterocycles. The van der Waals surface area contributed by atoms with Gasteiger partial charge in [-0.15, -0.1) is 0 Å². The fraction of sp³-hybridized carbons (Fsp3) is 0.400. The van der Waals surface area contributed by atoms with Crippen molar-refractivity contribution in [2.24, 2.45) is 0 Å². The third-order valence-corrected chi connectivity index (χ3v) is 6.66. The Hall–Kier alpha value is -3.19. The van der Waals surface area contributed by atoms with Gasteiger partial charge >= 0.3 is 0 Å². The smallest absolute Gasteiger partial charge is 0.255 e. The fourth-order valence-electron chi connectivity index (χ4n) is 4.93. The van der Waals surface area contributed by atoms with Gasteiger partial charge < -0.3 is 20.3 Å². The molecule has 3 aliphatic rings. The van der Waals surface area contributed by atoms with Gasteiger partial charge in [0, 0.05) is 42.8 Å². The van der Waals surface area contributed by atoms with Crippen LogP contribution in [0.5, 0.6) is 5.75 Å². The van der Waals surface area contributed by atoms with E-state index in [2.05, 4.69) is 22.2 Å². The number of carbonyl (C=O) groups excluding carboxylic acids is 2. The molecule has 2 aliphatic heterocycles. The first-order valence-corrected chi connectivity index (χ1v) is 11.3. The number of hydrogen-bond donors (Lipinski definition) is 2. The lowest BCUT2D eigenvalue weighted by atomic mass is 10.0. The SMILES string of the molecule is C=C1CCC(N2Cc3cc(O[C@@H]4CCC[C@H]4NCc4ccncc4)ccc3C2=O)C(=O)N1. The van der Waals surface area contributed by atoms with E-state index in [-0.39, 0.29) is 24.0 Å². The largest absolute Gasteiger partial charge is 0.489 e. The Labute approximate surface area is 187 Å². The van der Waals surface area contributed by atoms with Gasteiger partial charge in [0.15, 0.2) is 0 Å². The molecule has 1 aromatic carbocycles. The van der Waals surface area contributed by atoms with Gasteiger partial charge in [-0.05, 0) is 73.6 Å². The van der Waals surface area contributed by atoms with Crippen LogP contribution in [-0.4, -0.2) is 39.9 Å². The second kappa shape index (κ2) is 8.74. The van der Waals surface area contributed by atoms with Crippen LogP contribution in [0.1, 0.15) is 53.6 Å². The lowest BCUT2D eigenvalue weighted by Gasteiger charge is -2.30. The van der Waals surface area contributed by atoms with Gasteiger partial charge in [0.2, 0.25) is 5.91 Å². The molecule has 3 atom stereocenters. The summed E-state index contributed by atoms with van der Waals surface area (Å²) in [5, 5.41) is 6.40. The van der Waals surface area contributed by atoms with Crippen molar-refractivity contribution >= 4 is 11.8 Å². The van der Waals surface area contributed by atoms with Crippen LogP contribution in [0.3, 0.4) is 0 Å². The first kappa shape index (κ1) is 20.7. The summed E-state index contributed by atoms with van der Waals surface area (Å²) < 4.78 is 6.36. The Morgan fingerprint density at radius 2 is 2.00 bits per heavy atom. The van der Waals surface area contributed by atoms with E-state index < -0.39 is 6.04 Å². The van der Waals surface area contributed by atoms with Crippen LogP contribution < -0.4 is 15.4 Å². The van der Waals surface area contributed by atoms with Crippen molar-refractivity contribution < 1.29 is 14.3 Å². The average Bonchev–Trinajstić information content (AvgIpc) is 3.37. The van der Waals surface area contributed by atoms with Gasteiger partial charge in [-0.1, -0.05) is 6.58 Å². The van der Waals surface area contributed by atoms with Gasteiger partial charge in [0.1, 0.15) is 17.9 Å². The molecule has 0 bridgehead atoms. The Balaban J connectivity index is 1.24. The number of ether oxygens (including phenoxy) is 1. The zero-order valence-electron chi connectivity index (χ0n) is 18.0. The number of benzene rings is 1. The van der Waals surface area contributed by atoms with Crippen molar-refractivity contribution in [3.05, 3.63) is 71.7 Å². The number of hydrogen-bond acceptors (Lipinski definition) is 5. The van der Waals surface area contributed by atoms with E-state index in [1.165, 1.54) is 5.56 Å². The van der Waals surface area contributed by atoms with E-state index >= 15 is 0 Å². The van der Waals surface area contributed by atoms with Crippen LogP contribution in [0.25, 0.3) is 0 Å². The molecule has 7 nitrogen and oxygen atoms in total. The number of carbonyl (C=O) groups is 2. The molecule has 2 N–H and O–H groups in total. The molecule has 1 unspecified atom stereocenters. The molecule has 5 rings (SSSR count). The second-order valence-corrected chi connectivity index (χ2v) is 8.83. The number of aromatic nitrogens is 1. The Bertz CT molecular complexity index is 1040. The molecular weight excluding hydrogens is 404 g/mol. The standard InChI is InChI=1S/C25H28N4O3/c1-16-5-8-22(24(30)28-16)29-15-18-13-19(6-7-20(18)25(29)31)32-23-4-2-3-21(23)27-14-17-9-11-26-12-10-17/h6-7,9-13,21-23,27H,1-5,8,14-15H2,(H,28,30)/t21-,22?,23-/m1/s1. The number of amides is 2. The minimum atomic E-state index is -0.443. The number of piperidine rings is 1. The molecule has 7 heteroatoms. The van der Waals surface area contributed by atoms with Crippen LogP contribution in [-0.2, 0) is 17.9 Å². The summed E-state index contributed by atoms with van der Waals surface area (Å²) >= 11 is 0. The highest BCUT2D eigenvalue weighted by Gasteiger charge is 2.38. The van der Waals surface area contributed by atoms with E-state index in [9.17, 15) is 9.59 Å². The second-order valence-electron chi connectivity index (χ2n) is 8.83. The molecule has 0 spiro atoms. The summed E-state index contributed by atoms with van der Waals surface area (Å²) in [4.78, 5) is 31.0. The van der Waals surface area contributed by atoms with Crippen molar-refractivity contribution in [3.8, 4) is 5.75 Å². The zero-order valence-corrected chi connectivity index (χ0v) is 18.0. The molecule has 2 aromatic rings. The van der Waals surface area contributed by atoms with Crippen LogP contribution in [0.15, 0.2) is 55.0 Å². The minimum absolute atomic E-state index is 0.0861. The number of allylic oxidation sites excluding steroid dienone is 1.